The molecule has 0 spiro atoms. The highest BCUT2D eigenvalue weighted by Gasteiger charge is 2.45. The number of Topliss-reactive ketones (excluding diaryl/α,β-unsaturated/α-hetero) is 1. The third-order valence-electron chi connectivity index (χ3n) is 6.11. The summed E-state index contributed by atoms with van der Waals surface area (Å²) in [6, 6.07) is 23.0. The fourth-order valence-corrected chi connectivity index (χ4v) is 4.39. The van der Waals surface area contributed by atoms with E-state index < -0.39 is 17.7 Å². The third-order valence-corrected chi connectivity index (χ3v) is 6.36. The second-order valence-electron chi connectivity index (χ2n) is 9.00. The highest BCUT2D eigenvalue weighted by Crippen LogP contribution is 2.40. The van der Waals surface area contributed by atoms with E-state index >= 15 is 0 Å². The number of likely N-dealkylation sites (tertiary alicyclic amines) is 1. The number of amides is 1. The maximum absolute atomic E-state index is 13.1. The number of benzene rings is 3. The van der Waals surface area contributed by atoms with E-state index in [1.807, 2.05) is 49.3 Å². The Bertz CT molecular complexity index is 1240. The summed E-state index contributed by atoms with van der Waals surface area (Å²) < 4.78 is 5.83. The number of rotatable bonds is 9. The molecule has 1 N–H and O–H groups in total. The van der Waals surface area contributed by atoms with Crippen LogP contribution in [0.4, 0.5) is 0 Å². The van der Waals surface area contributed by atoms with E-state index in [9.17, 15) is 14.7 Å². The van der Waals surface area contributed by atoms with Gasteiger partial charge in [0.2, 0.25) is 0 Å². The predicted octanol–water partition coefficient (Wildman–Crippen LogP) is 5.29. The van der Waals surface area contributed by atoms with Crippen LogP contribution in [0.2, 0.25) is 5.02 Å². The molecule has 0 unspecified atom stereocenters. The van der Waals surface area contributed by atoms with Crippen LogP contribution in [0.15, 0.2) is 84.4 Å². The van der Waals surface area contributed by atoms with Crippen LogP contribution in [-0.4, -0.2) is 53.8 Å². The first-order valence-corrected chi connectivity index (χ1v) is 12.2. The van der Waals surface area contributed by atoms with Gasteiger partial charge in [0, 0.05) is 17.1 Å². The van der Waals surface area contributed by atoms with Crippen molar-refractivity contribution in [2.75, 3.05) is 27.2 Å². The van der Waals surface area contributed by atoms with Gasteiger partial charge in [-0.2, -0.15) is 0 Å². The van der Waals surface area contributed by atoms with Crippen molar-refractivity contribution >= 4 is 29.1 Å². The molecule has 36 heavy (non-hydrogen) atoms. The minimum absolute atomic E-state index is 0.0742. The highest BCUT2D eigenvalue weighted by atomic mass is 35.5. The number of carbonyl (C=O) groups is 2. The van der Waals surface area contributed by atoms with Gasteiger partial charge in [0.05, 0.1) is 11.6 Å². The van der Waals surface area contributed by atoms with Crippen LogP contribution in [0.1, 0.15) is 29.2 Å². The molecule has 1 fully saturated rings. The average Bonchev–Trinajstić information content (AvgIpc) is 3.13. The molecule has 186 valence electrons. The van der Waals surface area contributed by atoms with Gasteiger partial charge in [-0.15, -0.1) is 0 Å². The number of halogens is 1. The van der Waals surface area contributed by atoms with Crippen molar-refractivity contribution in [2.24, 2.45) is 0 Å². The first kappa shape index (κ1) is 25.5. The molecule has 0 radical (unpaired) electrons. The molecule has 1 aliphatic rings. The van der Waals surface area contributed by atoms with Crippen LogP contribution in [0, 0.1) is 0 Å². The lowest BCUT2D eigenvalue weighted by Crippen LogP contribution is -2.32. The largest absolute Gasteiger partial charge is 0.507 e. The molecule has 1 amide bonds. The Kier molecular flexibility index (Phi) is 8.08. The van der Waals surface area contributed by atoms with Crippen LogP contribution < -0.4 is 4.74 Å². The molecule has 1 saturated heterocycles. The SMILES string of the molecule is CN(C)CCCN1C(=O)C(=O)C(=C(O)c2ccc(OCc3ccccc3)cc2)[C@@H]1c1ccc(Cl)cc1. The Labute approximate surface area is 216 Å². The quantitative estimate of drug-likeness (QED) is 0.243. The molecule has 6 nitrogen and oxygen atoms in total. The van der Waals surface area contributed by atoms with E-state index in [0.29, 0.717) is 41.5 Å². The average molecular weight is 505 g/mol. The summed E-state index contributed by atoms with van der Waals surface area (Å²) in [7, 11) is 3.91. The summed E-state index contributed by atoms with van der Waals surface area (Å²) in [4.78, 5) is 29.7. The summed E-state index contributed by atoms with van der Waals surface area (Å²) in [6.07, 6.45) is 0.692. The maximum atomic E-state index is 13.1. The fraction of sp³-hybridized carbons (Fsp3) is 0.241. The summed E-state index contributed by atoms with van der Waals surface area (Å²) in [5, 5.41) is 11.8. The second-order valence-corrected chi connectivity index (χ2v) is 9.44. The number of carbonyl (C=O) groups excluding carboxylic acids is 2. The normalized spacial score (nSPS) is 17.1. The molecule has 4 rings (SSSR count). The van der Waals surface area contributed by atoms with Gasteiger partial charge >= 0.3 is 0 Å². The van der Waals surface area contributed by atoms with Crippen molar-refractivity contribution in [3.63, 3.8) is 0 Å². The smallest absolute Gasteiger partial charge is 0.295 e. The fourth-order valence-electron chi connectivity index (χ4n) is 4.26. The van der Waals surface area contributed by atoms with Crippen LogP contribution in [-0.2, 0) is 16.2 Å². The van der Waals surface area contributed by atoms with Crippen LogP contribution in [0.5, 0.6) is 5.75 Å². The first-order valence-electron chi connectivity index (χ1n) is 11.8. The molecule has 3 aromatic rings. The van der Waals surface area contributed by atoms with Crippen LogP contribution >= 0.6 is 11.6 Å². The Balaban J connectivity index is 1.63. The molecule has 1 atom stereocenters. The summed E-state index contributed by atoms with van der Waals surface area (Å²) in [5.74, 6) is -0.883. The lowest BCUT2D eigenvalue weighted by molar-refractivity contribution is -0.139. The van der Waals surface area contributed by atoms with Gasteiger partial charge < -0.3 is 19.6 Å². The molecule has 0 aromatic heterocycles. The van der Waals surface area contributed by atoms with Gasteiger partial charge in [-0.25, -0.2) is 0 Å². The van der Waals surface area contributed by atoms with Crippen molar-refractivity contribution in [2.45, 2.75) is 19.1 Å². The number of ether oxygens (including phenoxy) is 1. The first-order chi connectivity index (χ1) is 17.3. The van der Waals surface area contributed by atoms with Crippen molar-refractivity contribution in [1.82, 2.24) is 9.80 Å². The minimum Gasteiger partial charge on any atom is -0.507 e. The number of nitrogens with zero attached hydrogens (tertiary/aromatic N) is 2. The summed E-state index contributed by atoms with van der Waals surface area (Å²) in [6.45, 7) is 1.57. The number of ketones is 1. The number of hydrogen-bond acceptors (Lipinski definition) is 5. The number of aliphatic hydroxyl groups excluding tert-OH is 1. The molecule has 0 saturated carbocycles. The zero-order chi connectivity index (χ0) is 25.7. The molecule has 0 bridgehead atoms. The van der Waals surface area contributed by atoms with Crippen LogP contribution in [0.25, 0.3) is 5.76 Å². The van der Waals surface area contributed by atoms with E-state index in [4.69, 9.17) is 16.3 Å². The topological polar surface area (TPSA) is 70.1 Å². The Morgan fingerprint density at radius 1 is 0.972 bits per heavy atom. The molecule has 0 aliphatic carbocycles. The van der Waals surface area contributed by atoms with Crippen molar-refractivity contribution in [1.29, 1.82) is 0 Å². The van der Waals surface area contributed by atoms with Crippen molar-refractivity contribution < 1.29 is 19.4 Å². The van der Waals surface area contributed by atoms with E-state index in [2.05, 4.69) is 0 Å². The molecule has 1 heterocycles. The molecule has 1 aliphatic heterocycles. The maximum Gasteiger partial charge on any atom is 0.295 e. The highest BCUT2D eigenvalue weighted by molar-refractivity contribution is 6.46. The van der Waals surface area contributed by atoms with Gasteiger partial charge in [-0.05, 0) is 74.6 Å². The Morgan fingerprint density at radius 3 is 2.28 bits per heavy atom. The van der Waals surface area contributed by atoms with E-state index in [-0.39, 0.29) is 11.3 Å². The van der Waals surface area contributed by atoms with Gasteiger partial charge in [-0.3, -0.25) is 9.59 Å². The Hall–Kier alpha value is -3.61. The van der Waals surface area contributed by atoms with E-state index in [0.717, 1.165) is 12.1 Å². The lowest BCUT2D eigenvalue weighted by Gasteiger charge is -2.26. The molecular formula is C29H29ClN2O4. The summed E-state index contributed by atoms with van der Waals surface area (Å²) in [5.41, 5.74) is 2.27. The van der Waals surface area contributed by atoms with E-state index in [1.54, 1.807) is 48.5 Å². The number of aliphatic hydroxyl groups is 1. The zero-order valence-corrected chi connectivity index (χ0v) is 21.1. The Morgan fingerprint density at radius 2 is 1.64 bits per heavy atom. The molecule has 3 aromatic carbocycles. The van der Waals surface area contributed by atoms with Crippen molar-refractivity contribution in [3.05, 3.63) is 106 Å². The monoisotopic (exact) mass is 504 g/mol. The summed E-state index contributed by atoms with van der Waals surface area (Å²) >= 11 is 6.08. The minimum atomic E-state index is -0.696. The van der Waals surface area contributed by atoms with Gasteiger partial charge in [-0.1, -0.05) is 54.1 Å². The number of hydrogen-bond donors (Lipinski definition) is 1. The third kappa shape index (κ3) is 5.78. The second kappa shape index (κ2) is 11.4. The predicted molar refractivity (Wildman–Crippen MR) is 141 cm³/mol. The van der Waals surface area contributed by atoms with Gasteiger partial charge in [0.25, 0.3) is 11.7 Å². The standard InChI is InChI=1S/C29H29ClN2O4/c1-31(2)17-6-18-32-26(21-9-13-23(30)14-10-21)25(28(34)29(32)35)27(33)22-11-15-24(16-12-22)36-19-20-7-4-3-5-8-20/h3-5,7-16,26,33H,6,17-19H2,1-2H3/t26-/m0/s1. The van der Waals surface area contributed by atoms with Gasteiger partial charge in [0.1, 0.15) is 18.1 Å². The van der Waals surface area contributed by atoms with Crippen LogP contribution in [0.3, 0.4) is 0 Å². The lowest BCUT2D eigenvalue weighted by atomic mass is 9.95. The van der Waals surface area contributed by atoms with Gasteiger partial charge in [0.15, 0.2) is 0 Å². The molecule has 7 heteroatoms. The molecular weight excluding hydrogens is 476 g/mol. The van der Waals surface area contributed by atoms with E-state index in [1.165, 1.54) is 4.90 Å². The zero-order valence-electron chi connectivity index (χ0n) is 20.4. The van der Waals surface area contributed by atoms with Crippen molar-refractivity contribution in [3.8, 4) is 5.75 Å².